The Bertz CT molecular complexity index is 759. The van der Waals surface area contributed by atoms with Crippen molar-refractivity contribution < 1.29 is 23.9 Å². The van der Waals surface area contributed by atoms with Crippen LogP contribution >= 0.6 is 15.9 Å². The number of benzene rings is 1. The molecule has 1 aromatic carbocycles. The number of carbonyl (C=O) groups is 3. The summed E-state index contributed by atoms with van der Waals surface area (Å²) >= 11 is 3.41. The van der Waals surface area contributed by atoms with Crippen LogP contribution in [0, 0.1) is 0 Å². The molecule has 0 aliphatic carbocycles. The van der Waals surface area contributed by atoms with E-state index in [1.165, 1.54) is 4.90 Å². The number of likely N-dealkylation sites (tertiary alicyclic amines) is 1. The SMILES string of the molecule is CCOC(=O)CCCCCCN1C(=O)CC(=Cc2cc(Br)ccc2OC)C1=O. The molecule has 0 aromatic heterocycles. The minimum atomic E-state index is -0.237. The molecule has 0 bridgehead atoms. The normalized spacial score (nSPS) is 15.4. The fourth-order valence-corrected chi connectivity index (χ4v) is 3.47. The molecule has 0 radical (unpaired) electrons. The Morgan fingerprint density at radius 3 is 2.68 bits per heavy atom. The second kappa shape index (κ2) is 11.0. The lowest BCUT2D eigenvalue weighted by atomic mass is 10.1. The summed E-state index contributed by atoms with van der Waals surface area (Å²) in [7, 11) is 1.57. The fraction of sp³-hybridized carbons (Fsp3) is 0.476. The summed E-state index contributed by atoms with van der Waals surface area (Å²) in [5, 5.41) is 0. The Kier molecular flexibility index (Phi) is 8.70. The van der Waals surface area contributed by atoms with Crippen LogP contribution in [0.2, 0.25) is 0 Å². The average Bonchev–Trinajstić information content (AvgIpc) is 2.92. The molecular weight excluding hydrogens is 426 g/mol. The van der Waals surface area contributed by atoms with Crippen molar-refractivity contribution in [1.29, 1.82) is 0 Å². The van der Waals surface area contributed by atoms with Gasteiger partial charge in [-0.15, -0.1) is 0 Å². The molecule has 0 spiro atoms. The highest BCUT2D eigenvalue weighted by Gasteiger charge is 2.33. The Balaban J connectivity index is 1.86. The van der Waals surface area contributed by atoms with Crippen LogP contribution in [0.5, 0.6) is 5.75 Å². The summed E-state index contributed by atoms with van der Waals surface area (Å²) in [5.74, 6) is 0.0662. The first-order valence-corrected chi connectivity index (χ1v) is 10.3. The van der Waals surface area contributed by atoms with Crippen molar-refractivity contribution in [2.75, 3.05) is 20.3 Å². The van der Waals surface area contributed by atoms with Gasteiger partial charge in [-0.25, -0.2) is 0 Å². The van der Waals surface area contributed by atoms with Crippen LogP contribution in [0.4, 0.5) is 0 Å². The van der Waals surface area contributed by atoms with E-state index >= 15 is 0 Å². The van der Waals surface area contributed by atoms with Crippen LogP contribution in [0.25, 0.3) is 6.08 Å². The number of ether oxygens (including phenoxy) is 2. The Morgan fingerprint density at radius 1 is 1.21 bits per heavy atom. The first kappa shape index (κ1) is 22.1. The molecule has 1 aliphatic rings. The van der Waals surface area contributed by atoms with Crippen LogP contribution in [0.15, 0.2) is 28.2 Å². The van der Waals surface area contributed by atoms with Gasteiger partial charge in [0, 0.05) is 28.6 Å². The van der Waals surface area contributed by atoms with Gasteiger partial charge in [0.25, 0.3) is 5.91 Å². The van der Waals surface area contributed by atoms with Gasteiger partial charge in [-0.3, -0.25) is 19.3 Å². The number of carbonyl (C=O) groups excluding carboxylic acids is 3. The predicted molar refractivity (Wildman–Crippen MR) is 110 cm³/mol. The van der Waals surface area contributed by atoms with Crippen molar-refractivity contribution in [1.82, 2.24) is 4.90 Å². The Morgan fingerprint density at radius 2 is 1.96 bits per heavy atom. The lowest BCUT2D eigenvalue weighted by Crippen LogP contribution is -2.30. The molecule has 7 heteroatoms. The number of nitrogens with zero attached hydrogens (tertiary/aromatic N) is 1. The summed E-state index contributed by atoms with van der Waals surface area (Å²) in [6.07, 6.45) is 5.46. The zero-order valence-corrected chi connectivity index (χ0v) is 17.9. The fourth-order valence-electron chi connectivity index (χ4n) is 3.09. The molecule has 1 fully saturated rings. The maximum absolute atomic E-state index is 12.6. The number of imide groups is 1. The Labute approximate surface area is 174 Å². The van der Waals surface area contributed by atoms with E-state index in [1.807, 2.05) is 18.2 Å². The zero-order chi connectivity index (χ0) is 20.5. The van der Waals surface area contributed by atoms with Gasteiger partial charge in [-0.2, -0.15) is 0 Å². The maximum Gasteiger partial charge on any atom is 0.305 e. The van der Waals surface area contributed by atoms with E-state index in [0.717, 1.165) is 35.7 Å². The minimum absolute atomic E-state index is 0.108. The number of hydrogen-bond acceptors (Lipinski definition) is 5. The average molecular weight is 452 g/mol. The van der Waals surface area contributed by atoms with Crippen molar-refractivity contribution >= 4 is 39.8 Å². The van der Waals surface area contributed by atoms with Gasteiger partial charge in [-0.05, 0) is 44.0 Å². The van der Waals surface area contributed by atoms with Gasteiger partial charge in [-0.1, -0.05) is 28.8 Å². The Hall–Kier alpha value is -2.15. The van der Waals surface area contributed by atoms with Crippen molar-refractivity contribution in [3.8, 4) is 5.75 Å². The monoisotopic (exact) mass is 451 g/mol. The van der Waals surface area contributed by atoms with Crippen LogP contribution in [0.3, 0.4) is 0 Å². The third kappa shape index (κ3) is 6.19. The standard InChI is InChI=1S/C21H26BrNO5/c1-3-28-20(25)8-6-4-5-7-11-23-19(24)14-16(21(23)26)12-15-13-17(22)9-10-18(15)27-2/h9-10,12-13H,3-8,11,14H2,1-2H3. The van der Waals surface area contributed by atoms with E-state index in [1.54, 1.807) is 20.1 Å². The first-order valence-electron chi connectivity index (χ1n) is 9.50. The van der Waals surface area contributed by atoms with Gasteiger partial charge in [0.2, 0.25) is 5.91 Å². The molecule has 0 atom stereocenters. The van der Waals surface area contributed by atoms with Crippen LogP contribution < -0.4 is 4.74 Å². The number of amides is 2. The van der Waals surface area contributed by atoms with E-state index in [4.69, 9.17) is 9.47 Å². The number of unbranched alkanes of at least 4 members (excludes halogenated alkanes) is 3. The van der Waals surface area contributed by atoms with E-state index in [-0.39, 0.29) is 24.2 Å². The lowest BCUT2D eigenvalue weighted by Gasteiger charge is -2.13. The molecule has 1 aromatic rings. The number of hydrogen-bond donors (Lipinski definition) is 0. The quantitative estimate of drug-likeness (QED) is 0.231. The summed E-state index contributed by atoms with van der Waals surface area (Å²) in [6.45, 7) is 2.60. The van der Waals surface area contributed by atoms with Crippen LogP contribution in [-0.4, -0.2) is 42.9 Å². The first-order chi connectivity index (χ1) is 13.5. The van der Waals surface area contributed by atoms with E-state index in [2.05, 4.69) is 15.9 Å². The molecule has 6 nitrogen and oxygen atoms in total. The van der Waals surface area contributed by atoms with Crippen molar-refractivity contribution in [2.24, 2.45) is 0 Å². The highest BCUT2D eigenvalue weighted by molar-refractivity contribution is 9.10. The topological polar surface area (TPSA) is 72.9 Å². The van der Waals surface area contributed by atoms with Crippen molar-refractivity contribution in [3.63, 3.8) is 0 Å². The summed E-state index contributed by atoms with van der Waals surface area (Å²) in [5.41, 5.74) is 1.23. The zero-order valence-electron chi connectivity index (χ0n) is 16.3. The van der Waals surface area contributed by atoms with Gasteiger partial charge in [0.15, 0.2) is 0 Å². The summed E-state index contributed by atoms with van der Waals surface area (Å²) in [6, 6.07) is 5.53. The second-order valence-corrected chi connectivity index (χ2v) is 7.47. The largest absolute Gasteiger partial charge is 0.496 e. The molecule has 28 heavy (non-hydrogen) atoms. The molecule has 1 aliphatic heterocycles. The molecular formula is C21H26BrNO5. The lowest BCUT2D eigenvalue weighted by molar-refractivity contribution is -0.143. The maximum atomic E-state index is 12.6. The highest BCUT2D eigenvalue weighted by Crippen LogP contribution is 2.28. The third-order valence-corrected chi connectivity index (χ3v) is 5.00. The van der Waals surface area contributed by atoms with E-state index in [9.17, 15) is 14.4 Å². The number of methoxy groups -OCH3 is 1. The second-order valence-electron chi connectivity index (χ2n) is 6.55. The molecule has 0 N–H and O–H groups in total. The van der Waals surface area contributed by atoms with Crippen molar-refractivity contribution in [3.05, 3.63) is 33.8 Å². The molecule has 1 heterocycles. The summed E-state index contributed by atoms with van der Waals surface area (Å²) in [4.78, 5) is 37.5. The molecule has 152 valence electrons. The summed E-state index contributed by atoms with van der Waals surface area (Å²) < 4.78 is 11.1. The highest BCUT2D eigenvalue weighted by atomic mass is 79.9. The molecule has 2 rings (SSSR count). The number of esters is 1. The minimum Gasteiger partial charge on any atom is -0.496 e. The van der Waals surface area contributed by atoms with Gasteiger partial charge in [0.1, 0.15) is 5.75 Å². The van der Waals surface area contributed by atoms with Crippen LogP contribution in [0.1, 0.15) is 51.0 Å². The third-order valence-electron chi connectivity index (χ3n) is 4.50. The van der Waals surface area contributed by atoms with Gasteiger partial charge in [0.05, 0.1) is 20.1 Å². The number of halogens is 1. The molecule has 0 unspecified atom stereocenters. The van der Waals surface area contributed by atoms with Gasteiger partial charge >= 0.3 is 5.97 Å². The van der Waals surface area contributed by atoms with Crippen LogP contribution in [-0.2, 0) is 19.1 Å². The predicted octanol–water partition coefficient (Wildman–Crippen LogP) is 4.11. The molecule has 1 saturated heterocycles. The molecule has 2 amide bonds. The van der Waals surface area contributed by atoms with E-state index in [0.29, 0.717) is 30.9 Å². The number of rotatable bonds is 10. The van der Waals surface area contributed by atoms with Gasteiger partial charge < -0.3 is 9.47 Å². The smallest absolute Gasteiger partial charge is 0.305 e. The van der Waals surface area contributed by atoms with Crippen molar-refractivity contribution in [2.45, 2.75) is 45.4 Å². The van der Waals surface area contributed by atoms with E-state index < -0.39 is 0 Å². The molecule has 0 saturated carbocycles.